The van der Waals surface area contributed by atoms with Crippen LogP contribution in [0, 0.1) is 5.92 Å². The van der Waals surface area contributed by atoms with Crippen molar-refractivity contribution in [3.05, 3.63) is 18.0 Å². The lowest BCUT2D eigenvalue weighted by Crippen LogP contribution is -2.24. The van der Waals surface area contributed by atoms with Crippen molar-refractivity contribution in [1.82, 2.24) is 9.55 Å². The number of aromatic nitrogens is 2. The highest BCUT2D eigenvalue weighted by Crippen LogP contribution is 2.34. The van der Waals surface area contributed by atoms with Gasteiger partial charge in [-0.3, -0.25) is 0 Å². The summed E-state index contributed by atoms with van der Waals surface area (Å²) in [7, 11) is 3.25. The highest BCUT2D eigenvalue weighted by Gasteiger charge is 2.19. The van der Waals surface area contributed by atoms with Gasteiger partial charge in [-0.25, -0.2) is 4.98 Å². The number of thiocarbonyl (C=S) groups is 1. The molecule has 1 unspecified atom stereocenters. The van der Waals surface area contributed by atoms with Gasteiger partial charge in [0.15, 0.2) is 11.5 Å². The molecule has 6 heteroatoms. The van der Waals surface area contributed by atoms with E-state index in [2.05, 4.69) is 18.4 Å². The number of benzene rings is 1. The van der Waals surface area contributed by atoms with Gasteiger partial charge in [-0.05, 0) is 0 Å². The van der Waals surface area contributed by atoms with E-state index >= 15 is 0 Å². The molecule has 120 valence electrons. The standard InChI is InChI=1S/C16H23N3O2S/c1-9(2)16-18-11-6-13(20-4)14(21-5)7-12(11)19(16)8-10(3)15(17)22/h6-7,9-10H,8H2,1-5H3,(H2,17,22). The molecule has 0 fully saturated rings. The Morgan fingerprint density at radius 2 is 1.82 bits per heavy atom. The number of fused-ring (bicyclic) bond motifs is 1. The Hall–Kier alpha value is -1.82. The van der Waals surface area contributed by atoms with Crippen molar-refractivity contribution in [1.29, 1.82) is 0 Å². The van der Waals surface area contributed by atoms with Gasteiger partial charge in [0.05, 0.1) is 30.2 Å². The zero-order valence-corrected chi connectivity index (χ0v) is 14.5. The summed E-state index contributed by atoms with van der Waals surface area (Å²) in [4.78, 5) is 5.26. The molecule has 2 aromatic rings. The third kappa shape index (κ3) is 3.02. The summed E-state index contributed by atoms with van der Waals surface area (Å²) in [5.74, 6) is 2.76. The highest BCUT2D eigenvalue weighted by molar-refractivity contribution is 7.80. The number of nitrogens with two attached hydrogens (primary N) is 1. The maximum Gasteiger partial charge on any atom is 0.163 e. The van der Waals surface area contributed by atoms with Crippen LogP contribution in [-0.2, 0) is 6.54 Å². The zero-order valence-electron chi connectivity index (χ0n) is 13.7. The van der Waals surface area contributed by atoms with E-state index in [0.29, 0.717) is 29.0 Å². The van der Waals surface area contributed by atoms with E-state index < -0.39 is 0 Å². The Balaban J connectivity index is 2.64. The van der Waals surface area contributed by atoms with Crippen LogP contribution in [0.1, 0.15) is 32.5 Å². The number of rotatable bonds is 6. The average Bonchev–Trinajstić information content (AvgIpc) is 2.83. The summed E-state index contributed by atoms with van der Waals surface area (Å²) in [6, 6.07) is 3.86. The molecule has 0 aliphatic rings. The number of hydrogen-bond donors (Lipinski definition) is 1. The summed E-state index contributed by atoms with van der Waals surface area (Å²) >= 11 is 5.11. The molecule has 5 nitrogen and oxygen atoms in total. The highest BCUT2D eigenvalue weighted by atomic mass is 32.1. The van der Waals surface area contributed by atoms with Gasteiger partial charge in [0, 0.05) is 30.5 Å². The van der Waals surface area contributed by atoms with Crippen molar-refractivity contribution in [2.75, 3.05) is 14.2 Å². The smallest absolute Gasteiger partial charge is 0.163 e. The van der Waals surface area contributed by atoms with E-state index in [1.807, 2.05) is 19.1 Å². The van der Waals surface area contributed by atoms with Gasteiger partial charge in [0.2, 0.25) is 0 Å². The van der Waals surface area contributed by atoms with E-state index in [0.717, 1.165) is 16.9 Å². The third-order valence-corrected chi connectivity index (χ3v) is 4.14. The minimum absolute atomic E-state index is 0.0954. The first kappa shape index (κ1) is 16.5. The van der Waals surface area contributed by atoms with Crippen LogP contribution in [0.25, 0.3) is 11.0 Å². The van der Waals surface area contributed by atoms with Gasteiger partial charge in [-0.15, -0.1) is 0 Å². The molecule has 0 aliphatic heterocycles. The SMILES string of the molecule is COc1cc2nc(C(C)C)n(CC(C)C(N)=S)c2cc1OC. The van der Waals surface area contributed by atoms with E-state index in [9.17, 15) is 0 Å². The molecule has 0 bridgehead atoms. The summed E-state index contributed by atoms with van der Waals surface area (Å²) in [6.45, 7) is 6.98. The third-order valence-electron chi connectivity index (χ3n) is 3.74. The molecular formula is C16H23N3O2S. The van der Waals surface area contributed by atoms with Crippen molar-refractivity contribution in [2.24, 2.45) is 11.7 Å². The number of ether oxygens (including phenoxy) is 2. The van der Waals surface area contributed by atoms with E-state index in [-0.39, 0.29) is 5.92 Å². The van der Waals surface area contributed by atoms with Crippen molar-refractivity contribution < 1.29 is 9.47 Å². The molecule has 1 aromatic heterocycles. The fraction of sp³-hybridized carbons (Fsp3) is 0.500. The zero-order chi connectivity index (χ0) is 16.4. The first-order chi connectivity index (χ1) is 10.4. The van der Waals surface area contributed by atoms with Crippen molar-refractivity contribution in [3.63, 3.8) is 0 Å². The summed E-state index contributed by atoms with van der Waals surface area (Å²) < 4.78 is 12.9. The number of hydrogen-bond acceptors (Lipinski definition) is 4. The minimum Gasteiger partial charge on any atom is -0.493 e. The molecule has 22 heavy (non-hydrogen) atoms. The second-order valence-corrected chi connectivity index (χ2v) is 6.21. The van der Waals surface area contributed by atoms with Crippen LogP contribution in [0.2, 0.25) is 0 Å². The van der Waals surface area contributed by atoms with Gasteiger partial charge < -0.3 is 19.8 Å². The fourth-order valence-electron chi connectivity index (χ4n) is 2.47. The molecule has 0 spiro atoms. The van der Waals surface area contributed by atoms with E-state index in [1.54, 1.807) is 14.2 Å². The van der Waals surface area contributed by atoms with Gasteiger partial charge in [0.1, 0.15) is 5.82 Å². The predicted molar refractivity (Wildman–Crippen MR) is 92.9 cm³/mol. The number of methoxy groups -OCH3 is 2. The van der Waals surface area contributed by atoms with Crippen LogP contribution < -0.4 is 15.2 Å². The topological polar surface area (TPSA) is 62.3 Å². The molecule has 0 radical (unpaired) electrons. The van der Waals surface area contributed by atoms with Gasteiger partial charge >= 0.3 is 0 Å². The molecule has 0 saturated heterocycles. The quantitative estimate of drug-likeness (QED) is 0.828. The Morgan fingerprint density at radius 3 is 2.32 bits per heavy atom. The van der Waals surface area contributed by atoms with Crippen molar-refractivity contribution in [2.45, 2.75) is 33.2 Å². The summed E-state index contributed by atoms with van der Waals surface area (Å²) in [5, 5.41) is 0. The lowest BCUT2D eigenvalue weighted by Gasteiger charge is -2.16. The average molecular weight is 321 g/mol. The fourth-order valence-corrected chi connectivity index (χ4v) is 2.54. The second kappa shape index (κ2) is 6.52. The largest absolute Gasteiger partial charge is 0.493 e. The second-order valence-electron chi connectivity index (χ2n) is 5.73. The van der Waals surface area contributed by atoms with Gasteiger partial charge in [-0.2, -0.15) is 0 Å². The molecule has 1 aromatic carbocycles. The van der Waals surface area contributed by atoms with E-state index in [4.69, 9.17) is 32.4 Å². The molecule has 1 atom stereocenters. The first-order valence-electron chi connectivity index (χ1n) is 7.30. The maximum atomic E-state index is 5.78. The molecule has 0 saturated carbocycles. The minimum atomic E-state index is 0.0954. The Labute approximate surface area is 136 Å². The van der Waals surface area contributed by atoms with Crippen LogP contribution in [0.15, 0.2) is 12.1 Å². The maximum absolute atomic E-state index is 5.78. The van der Waals surface area contributed by atoms with Crippen LogP contribution in [-0.4, -0.2) is 28.8 Å². The lowest BCUT2D eigenvalue weighted by atomic mass is 10.1. The molecule has 2 N–H and O–H groups in total. The van der Waals surface area contributed by atoms with Crippen LogP contribution in [0.4, 0.5) is 0 Å². The van der Waals surface area contributed by atoms with Gasteiger partial charge in [0.25, 0.3) is 0 Å². The van der Waals surface area contributed by atoms with Crippen molar-refractivity contribution >= 4 is 28.2 Å². The Morgan fingerprint density at radius 1 is 1.23 bits per heavy atom. The summed E-state index contributed by atoms with van der Waals surface area (Å²) in [6.07, 6.45) is 0. The Bertz CT molecular complexity index is 694. The summed E-state index contributed by atoms with van der Waals surface area (Å²) in [5.41, 5.74) is 7.67. The molecule has 0 amide bonds. The number of imidazole rings is 1. The molecular weight excluding hydrogens is 298 g/mol. The normalized spacial score (nSPS) is 12.6. The first-order valence-corrected chi connectivity index (χ1v) is 7.71. The monoisotopic (exact) mass is 321 g/mol. The number of nitrogens with zero attached hydrogens (tertiary/aromatic N) is 2. The van der Waals surface area contributed by atoms with Crippen LogP contribution >= 0.6 is 12.2 Å². The molecule has 2 rings (SSSR count). The van der Waals surface area contributed by atoms with Gasteiger partial charge in [-0.1, -0.05) is 33.0 Å². The van der Waals surface area contributed by atoms with Crippen molar-refractivity contribution in [3.8, 4) is 11.5 Å². The van der Waals surface area contributed by atoms with E-state index in [1.165, 1.54) is 0 Å². The predicted octanol–water partition coefficient (Wildman–Crippen LogP) is 3.10. The Kier molecular flexibility index (Phi) is 4.90. The van der Waals surface area contributed by atoms with Crippen LogP contribution in [0.3, 0.4) is 0 Å². The molecule has 1 heterocycles. The lowest BCUT2D eigenvalue weighted by molar-refractivity contribution is 0.355. The molecule has 0 aliphatic carbocycles. The van der Waals surface area contributed by atoms with Crippen LogP contribution in [0.5, 0.6) is 11.5 Å².